The molecule has 0 spiro atoms. The zero-order chi connectivity index (χ0) is 24.5. The molecule has 6 nitrogen and oxygen atoms in total. The molecule has 0 bridgehead atoms. The molecule has 0 radical (unpaired) electrons. The molecule has 0 aliphatic rings. The van der Waals surface area contributed by atoms with Crippen LogP contribution in [0.4, 0.5) is 5.69 Å². The van der Waals surface area contributed by atoms with Gasteiger partial charge in [-0.1, -0.05) is 59.6 Å². The van der Waals surface area contributed by atoms with Gasteiger partial charge in [-0.2, -0.15) is 0 Å². The Balaban J connectivity index is 1.44. The molecule has 1 N–H and O–H groups in total. The van der Waals surface area contributed by atoms with Crippen LogP contribution in [0.5, 0.6) is 0 Å². The fourth-order valence-electron chi connectivity index (χ4n) is 3.77. The van der Waals surface area contributed by atoms with Gasteiger partial charge < -0.3 is 14.5 Å². The molecule has 174 valence electrons. The van der Waals surface area contributed by atoms with Crippen molar-refractivity contribution >= 4 is 62.6 Å². The number of benzene rings is 4. The largest absolute Gasteiger partial charge is 0.449 e. The minimum Gasteiger partial charge on any atom is -0.449 e. The Morgan fingerprint density at radius 3 is 2.49 bits per heavy atom. The number of hydrogen-bond donors (Lipinski definition) is 1. The van der Waals surface area contributed by atoms with Crippen molar-refractivity contribution in [3.05, 3.63) is 94.5 Å². The smallest absolute Gasteiger partial charge is 0.339 e. The van der Waals surface area contributed by atoms with Crippen LogP contribution < -0.4 is 5.32 Å². The van der Waals surface area contributed by atoms with Crippen LogP contribution in [-0.4, -0.2) is 23.0 Å². The number of aromatic nitrogens is 1. The van der Waals surface area contributed by atoms with Crippen molar-refractivity contribution in [3.63, 3.8) is 0 Å². The standard InChI is InChI=1S/C27H18Cl2N2O4/c1-15(25(32)30-17-12-13-20(28)21(29)14-17)34-27(33)19-9-5-7-16-6-4-8-18(24(16)19)26-31-22-10-2-3-11-23(22)35-26/h2-15H,1H3,(H,30,32). The van der Waals surface area contributed by atoms with Crippen molar-refractivity contribution in [3.8, 4) is 11.5 Å². The number of rotatable bonds is 5. The van der Waals surface area contributed by atoms with Gasteiger partial charge in [-0.15, -0.1) is 0 Å². The average molecular weight is 505 g/mol. The Morgan fingerprint density at radius 1 is 0.943 bits per heavy atom. The normalized spacial score (nSPS) is 12.0. The lowest BCUT2D eigenvalue weighted by Gasteiger charge is -2.15. The highest BCUT2D eigenvalue weighted by Crippen LogP contribution is 2.33. The molecule has 8 heteroatoms. The summed E-state index contributed by atoms with van der Waals surface area (Å²) in [7, 11) is 0. The minimum absolute atomic E-state index is 0.301. The van der Waals surface area contributed by atoms with Crippen LogP contribution in [0, 0.1) is 0 Å². The number of nitrogens with one attached hydrogen (secondary N) is 1. The van der Waals surface area contributed by atoms with E-state index < -0.39 is 18.0 Å². The molecular formula is C27H18Cl2N2O4. The molecular weight excluding hydrogens is 487 g/mol. The Bertz CT molecular complexity index is 1560. The molecule has 5 aromatic rings. The van der Waals surface area contributed by atoms with Crippen molar-refractivity contribution < 1.29 is 18.7 Å². The molecule has 0 aliphatic heterocycles. The molecule has 1 aromatic heterocycles. The maximum absolute atomic E-state index is 13.2. The second-order valence-corrected chi connectivity index (χ2v) is 8.68. The molecule has 1 unspecified atom stereocenters. The van der Waals surface area contributed by atoms with Gasteiger partial charge >= 0.3 is 5.97 Å². The summed E-state index contributed by atoms with van der Waals surface area (Å²) in [5.41, 5.74) is 2.75. The maximum Gasteiger partial charge on any atom is 0.339 e. The lowest BCUT2D eigenvalue weighted by atomic mass is 9.99. The van der Waals surface area contributed by atoms with Gasteiger partial charge in [0.2, 0.25) is 5.89 Å². The highest BCUT2D eigenvalue weighted by molar-refractivity contribution is 6.42. The van der Waals surface area contributed by atoms with E-state index in [-0.39, 0.29) is 0 Å². The number of fused-ring (bicyclic) bond motifs is 2. The van der Waals surface area contributed by atoms with Gasteiger partial charge in [0, 0.05) is 16.6 Å². The van der Waals surface area contributed by atoms with Gasteiger partial charge in [0.05, 0.1) is 15.6 Å². The molecule has 1 atom stereocenters. The van der Waals surface area contributed by atoms with Gasteiger partial charge in [0.1, 0.15) is 5.52 Å². The SMILES string of the molecule is CC(OC(=O)c1cccc2cccc(-c3nc4ccccc4o3)c12)C(=O)Nc1ccc(Cl)c(Cl)c1. The second-order valence-electron chi connectivity index (χ2n) is 7.86. The number of oxazole rings is 1. The molecule has 35 heavy (non-hydrogen) atoms. The summed E-state index contributed by atoms with van der Waals surface area (Å²) in [5.74, 6) is -0.755. The molecule has 4 aromatic carbocycles. The van der Waals surface area contributed by atoms with E-state index in [4.69, 9.17) is 32.4 Å². The number of hydrogen-bond acceptors (Lipinski definition) is 5. The molecule has 0 saturated carbocycles. The van der Waals surface area contributed by atoms with Crippen LogP contribution in [0.25, 0.3) is 33.3 Å². The third-order valence-electron chi connectivity index (χ3n) is 5.49. The maximum atomic E-state index is 13.2. The van der Waals surface area contributed by atoms with E-state index in [2.05, 4.69) is 10.3 Å². The van der Waals surface area contributed by atoms with Crippen molar-refractivity contribution in [2.24, 2.45) is 0 Å². The van der Waals surface area contributed by atoms with E-state index in [1.54, 1.807) is 24.3 Å². The monoisotopic (exact) mass is 504 g/mol. The zero-order valence-electron chi connectivity index (χ0n) is 18.4. The summed E-state index contributed by atoms with van der Waals surface area (Å²) in [6, 6.07) is 23.0. The third kappa shape index (κ3) is 4.58. The van der Waals surface area contributed by atoms with Gasteiger partial charge in [0.25, 0.3) is 5.91 Å². The number of amides is 1. The number of carbonyl (C=O) groups excluding carboxylic acids is 2. The summed E-state index contributed by atoms with van der Waals surface area (Å²) < 4.78 is 11.5. The Labute approximate surface area is 210 Å². The fourth-order valence-corrected chi connectivity index (χ4v) is 4.07. The third-order valence-corrected chi connectivity index (χ3v) is 6.23. The van der Waals surface area contributed by atoms with E-state index in [1.165, 1.54) is 13.0 Å². The first-order chi connectivity index (χ1) is 16.9. The average Bonchev–Trinajstić information content (AvgIpc) is 3.29. The molecule has 5 rings (SSSR count). The van der Waals surface area contributed by atoms with Crippen molar-refractivity contribution in [1.82, 2.24) is 4.98 Å². The topological polar surface area (TPSA) is 81.4 Å². The van der Waals surface area contributed by atoms with Crippen LogP contribution in [0.15, 0.2) is 83.3 Å². The molecule has 0 fully saturated rings. The van der Waals surface area contributed by atoms with E-state index in [9.17, 15) is 9.59 Å². The van der Waals surface area contributed by atoms with E-state index in [0.717, 1.165) is 5.39 Å². The first kappa shape index (κ1) is 22.9. The lowest BCUT2D eigenvalue weighted by Crippen LogP contribution is -2.30. The Kier molecular flexibility index (Phi) is 6.16. The molecule has 0 saturated heterocycles. The molecule has 0 aliphatic carbocycles. The summed E-state index contributed by atoms with van der Waals surface area (Å²) in [6.45, 7) is 1.50. The quantitative estimate of drug-likeness (QED) is 0.257. The predicted molar refractivity (Wildman–Crippen MR) is 137 cm³/mol. The number of halogens is 2. The van der Waals surface area contributed by atoms with E-state index >= 15 is 0 Å². The zero-order valence-corrected chi connectivity index (χ0v) is 19.9. The van der Waals surface area contributed by atoms with Crippen LogP contribution in [0.1, 0.15) is 17.3 Å². The second kappa shape index (κ2) is 9.41. The number of esters is 1. The van der Waals surface area contributed by atoms with Gasteiger partial charge in [-0.3, -0.25) is 4.79 Å². The summed E-state index contributed by atoms with van der Waals surface area (Å²) in [6.07, 6.45) is -1.07. The van der Waals surface area contributed by atoms with Crippen LogP contribution in [0.3, 0.4) is 0 Å². The highest BCUT2D eigenvalue weighted by Gasteiger charge is 2.23. The molecule has 1 heterocycles. The number of carbonyl (C=O) groups is 2. The van der Waals surface area contributed by atoms with Crippen LogP contribution in [0.2, 0.25) is 10.0 Å². The summed E-state index contributed by atoms with van der Waals surface area (Å²) >= 11 is 11.9. The Hall–Kier alpha value is -3.87. The first-order valence-corrected chi connectivity index (χ1v) is 11.5. The van der Waals surface area contributed by atoms with Gasteiger partial charge in [0.15, 0.2) is 11.7 Å². The minimum atomic E-state index is -1.07. The molecule has 1 amide bonds. The van der Waals surface area contributed by atoms with Crippen molar-refractivity contribution in [2.75, 3.05) is 5.32 Å². The number of ether oxygens (including phenoxy) is 1. The number of nitrogens with zero attached hydrogens (tertiary/aromatic N) is 1. The Morgan fingerprint density at radius 2 is 1.71 bits per heavy atom. The van der Waals surface area contributed by atoms with E-state index in [0.29, 0.717) is 49.2 Å². The summed E-state index contributed by atoms with van der Waals surface area (Å²) in [4.78, 5) is 30.4. The first-order valence-electron chi connectivity index (χ1n) is 10.8. The lowest BCUT2D eigenvalue weighted by molar-refractivity contribution is -0.123. The fraction of sp³-hybridized carbons (Fsp3) is 0.0741. The van der Waals surface area contributed by atoms with Crippen molar-refractivity contribution in [2.45, 2.75) is 13.0 Å². The number of anilines is 1. The summed E-state index contributed by atoms with van der Waals surface area (Å²) in [5, 5.41) is 4.78. The van der Waals surface area contributed by atoms with Crippen molar-refractivity contribution in [1.29, 1.82) is 0 Å². The van der Waals surface area contributed by atoms with Gasteiger partial charge in [-0.25, -0.2) is 9.78 Å². The van der Waals surface area contributed by atoms with Crippen LogP contribution in [-0.2, 0) is 9.53 Å². The van der Waals surface area contributed by atoms with E-state index in [1.807, 2.05) is 48.5 Å². The number of para-hydroxylation sites is 2. The predicted octanol–water partition coefficient (Wildman–Crippen LogP) is 7.14. The highest BCUT2D eigenvalue weighted by atomic mass is 35.5. The van der Waals surface area contributed by atoms with Crippen LogP contribution >= 0.6 is 23.2 Å². The van der Waals surface area contributed by atoms with Gasteiger partial charge in [-0.05, 0) is 54.8 Å².